The standard InChI is InChI=1S/C20H15ClF3N5O4S/c1-11-6-12(9-25)7-15(34(2,31)32)17(11)27-19(30)14-8-16(33-10-20(22,23)24)28-29(14)18-13(21)4-3-5-26-18/h3-8H,10H2,1-2H3,(H,27,30). The third-order valence-corrected chi connectivity index (χ3v) is 5.73. The molecule has 0 radical (unpaired) electrons. The Bertz CT molecular complexity index is 1410. The molecule has 0 atom stereocenters. The summed E-state index contributed by atoms with van der Waals surface area (Å²) < 4.78 is 67.9. The predicted molar refractivity (Wildman–Crippen MR) is 115 cm³/mol. The van der Waals surface area contributed by atoms with Gasteiger partial charge in [-0.1, -0.05) is 11.6 Å². The van der Waals surface area contributed by atoms with Crippen LogP contribution in [-0.2, 0) is 9.84 Å². The molecule has 34 heavy (non-hydrogen) atoms. The zero-order valence-electron chi connectivity index (χ0n) is 17.5. The lowest BCUT2D eigenvalue weighted by molar-refractivity contribution is -0.154. The number of halogens is 4. The number of benzene rings is 1. The highest BCUT2D eigenvalue weighted by Crippen LogP contribution is 2.29. The Hall–Kier alpha value is -3.63. The monoisotopic (exact) mass is 513 g/mol. The number of amides is 1. The molecular formula is C20H15ClF3N5O4S. The van der Waals surface area contributed by atoms with E-state index in [-0.39, 0.29) is 38.2 Å². The number of aryl methyl sites for hydroxylation is 1. The molecule has 9 nitrogen and oxygen atoms in total. The van der Waals surface area contributed by atoms with E-state index in [1.54, 1.807) is 0 Å². The molecule has 0 aliphatic carbocycles. The molecule has 0 bridgehead atoms. The van der Waals surface area contributed by atoms with E-state index in [0.29, 0.717) is 0 Å². The normalized spacial score (nSPS) is 11.7. The fraction of sp³-hybridized carbons (Fsp3) is 0.200. The average Bonchev–Trinajstić information content (AvgIpc) is 3.16. The zero-order valence-corrected chi connectivity index (χ0v) is 19.1. The summed E-state index contributed by atoms with van der Waals surface area (Å²) in [4.78, 5) is 16.8. The summed E-state index contributed by atoms with van der Waals surface area (Å²) in [5.41, 5.74) is -0.113. The van der Waals surface area contributed by atoms with Crippen molar-refractivity contribution < 1.29 is 31.1 Å². The highest BCUT2D eigenvalue weighted by molar-refractivity contribution is 7.90. The topological polar surface area (TPSA) is 127 Å². The first-order chi connectivity index (χ1) is 15.8. The number of nitriles is 1. The highest BCUT2D eigenvalue weighted by Gasteiger charge is 2.30. The van der Waals surface area contributed by atoms with Crippen LogP contribution in [0.5, 0.6) is 5.88 Å². The molecule has 0 saturated heterocycles. The number of sulfone groups is 1. The van der Waals surface area contributed by atoms with Gasteiger partial charge in [0.15, 0.2) is 22.3 Å². The lowest BCUT2D eigenvalue weighted by atomic mass is 10.1. The van der Waals surface area contributed by atoms with Crippen LogP contribution in [0, 0.1) is 18.3 Å². The molecule has 3 rings (SSSR count). The average molecular weight is 514 g/mol. The number of aromatic nitrogens is 3. The number of hydrogen-bond acceptors (Lipinski definition) is 7. The molecule has 0 unspecified atom stereocenters. The van der Waals surface area contributed by atoms with Crippen LogP contribution in [0.15, 0.2) is 41.4 Å². The van der Waals surface area contributed by atoms with E-state index in [9.17, 15) is 26.4 Å². The summed E-state index contributed by atoms with van der Waals surface area (Å²) in [6, 6.07) is 8.16. The Labute approximate surface area is 196 Å². The maximum absolute atomic E-state index is 13.1. The van der Waals surface area contributed by atoms with Crippen molar-refractivity contribution in [3.05, 3.63) is 58.4 Å². The molecule has 2 aromatic heterocycles. The number of carbonyl (C=O) groups is 1. The van der Waals surface area contributed by atoms with Gasteiger partial charge >= 0.3 is 6.18 Å². The number of ether oxygens (including phenoxy) is 1. The lowest BCUT2D eigenvalue weighted by Crippen LogP contribution is -2.20. The van der Waals surface area contributed by atoms with E-state index in [4.69, 9.17) is 16.9 Å². The van der Waals surface area contributed by atoms with Gasteiger partial charge in [-0.3, -0.25) is 4.79 Å². The first-order valence-electron chi connectivity index (χ1n) is 9.27. The molecule has 3 aromatic rings. The lowest BCUT2D eigenvalue weighted by Gasteiger charge is -2.14. The van der Waals surface area contributed by atoms with E-state index >= 15 is 0 Å². The van der Waals surface area contributed by atoms with Crippen LogP contribution in [-0.4, -0.2) is 48.1 Å². The van der Waals surface area contributed by atoms with Gasteiger partial charge in [-0.2, -0.15) is 18.4 Å². The third-order valence-electron chi connectivity index (χ3n) is 4.31. The molecule has 0 aliphatic heterocycles. The largest absolute Gasteiger partial charge is 0.467 e. The Balaban J connectivity index is 2.10. The summed E-state index contributed by atoms with van der Waals surface area (Å²) in [6.45, 7) is -0.177. The van der Waals surface area contributed by atoms with Crippen molar-refractivity contribution in [3.63, 3.8) is 0 Å². The van der Waals surface area contributed by atoms with Crippen LogP contribution in [0.3, 0.4) is 0 Å². The second-order valence-corrected chi connectivity index (χ2v) is 9.39. The van der Waals surface area contributed by atoms with Crippen molar-refractivity contribution in [2.75, 3.05) is 18.2 Å². The number of alkyl halides is 3. The summed E-state index contributed by atoms with van der Waals surface area (Å²) in [5.74, 6) is -1.55. The molecule has 178 valence electrons. The van der Waals surface area contributed by atoms with Crippen molar-refractivity contribution in [3.8, 4) is 17.8 Å². The Morgan fingerprint density at radius 2 is 2.03 bits per heavy atom. The summed E-state index contributed by atoms with van der Waals surface area (Å²) in [7, 11) is -3.88. The van der Waals surface area contributed by atoms with Gasteiger partial charge in [0.05, 0.1) is 27.2 Å². The molecule has 1 N–H and O–H groups in total. The number of nitrogens with zero attached hydrogens (tertiary/aromatic N) is 4. The quantitative estimate of drug-likeness (QED) is 0.532. The van der Waals surface area contributed by atoms with Crippen molar-refractivity contribution in [2.45, 2.75) is 18.0 Å². The maximum Gasteiger partial charge on any atom is 0.422 e. The van der Waals surface area contributed by atoms with Gasteiger partial charge in [-0.25, -0.2) is 18.1 Å². The van der Waals surface area contributed by atoms with Crippen LogP contribution in [0.1, 0.15) is 21.6 Å². The summed E-state index contributed by atoms with van der Waals surface area (Å²) in [6.07, 6.45) is -2.42. The fourth-order valence-electron chi connectivity index (χ4n) is 2.89. The highest BCUT2D eigenvalue weighted by atomic mass is 35.5. The van der Waals surface area contributed by atoms with Crippen molar-refractivity contribution in [1.29, 1.82) is 5.26 Å². The van der Waals surface area contributed by atoms with Gasteiger partial charge < -0.3 is 10.1 Å². The Morgan fingerprint density at radius 3 is 2.62 bits per heavy atom. The van der Waals surface area contributed by atoms with E-state index in [0.717, 1.165) is 23.1 Å². The fourth-order valence-corrected chi connectivity index (χ4v) is 4.02. The molecule has 0 saturated carbocycles. The van der Waals surface area contributed by atoms with E-state index in [1.165, 1.54) is 31.3 Å². The minimum atomic E-state index is -4.65. The first kappa shape index (κ1) is 25.0. The molecular weight excluding hydrogens is 499 g/mol. The number of nitrogens with one attached hydrogen (secondary N) is 1. The van der Waals surface area contributed by atoms with Crippen LogP contribution in [0.25, 0.3) is 5.82 Å². The summed E-state index contributed by atoms with van der Waals surface area (Å²) in [5, 5.41) is 15.5. The predicted octanol–water partition coefficient (Wildman–Crippen LogP) is 3.70. The van der Waals surface area contributed by atoms with E-state index in [1.807, 2.05) is 6.07 Å². The van der Waals surface area contributed by atoms with Gasteiger partial charge in [0.25, 0.3) is 5.91 Å². The SMILES string of the molecule is Cc1cc(C#N)cc(S(C)(=O)=O)c1NC(=O)c1cc(OCC(F)(F)F)nn1-c1ncccc1Cl. The second kappa shape index (κ2) is 9.32. The van der Waals surface area contributed by atoms with Gasteiger partial charge in [0, 0.05) is 18.5 Å². The van der Waals surface area contributed by atoms with Crippen molar-refractivity contribution >= 4 is 33.0 Å². The van der Waals surface area contributed by atoms with Crippen LogP contribution < -0.4 is 10.1 Å². The minimum Gasteiger partial charge on any atom is -0.467 e. The van der Waals surface area contributed by atoms with Gasteiger partial charge in [0.2, 0.25) is 5.88 Å². The number of anilines is 1. The number of pyridine rings is 1. The molecule has 0 fully saturated rings. The third kappa shape index (κ3) is 5.64. The molecule has 1 aromatic carbocycles. The van der Waals surface area contributed by atoms with Crippen LogP contribution in [0.4, 0.5) is 18.9 Å². The molecule has 2 heterocycles. The maximum atomic E-state index is 13.1. The van der Waals surface area contributed by atoms with Crippen LogP contribution in [0.2, 0.25) is 5.02 Å². The number of carbonyl (C=O) groups excluding carboxylic acids is 1. The number of rotatable bonds is 6. The van der Waals surface area contributed by atoms with Gasteiger partial charge in [-0.05, 0) is 36.8 Å². The van der Waals surface area contributed by atoms with Crippen LogP contribution >= 0.6 is 11.6 Å². The molecule has 14 heteroatoms. The Kier molecular flexibility index (Phi) is 6.85. The minimum absolute atomic E-state index is 0.0356. The molecule has 0 spiro atoms. The van der Waals surface area contributed by atoms with Crippen molar-refractivity contribution in [1.82, 2.24) is 14.8 Å². The first-order valence-corrected chi connectivity index (χ1v) is 11.5. The van der Waals surface area contributed by atoms with E-state index in [2.05, 4.69) is 20.1 Å². The Morgan fingerprint density at radius 1 is 1.32 bits per heavy atom. The smallest absolute Gasteiger partial charge is 0.422 e. The van der Waals surface area contributed by atoms with Crippen molar-refractivity contribution in [2.24, 2.45) is 0 Å². The number of hydrogen-bond donors (Lipinski definition) is 1. The molecule has 1 amide bonds. The van der Waals surface area contributed by atoms with Gasteiger partial charge in [0.1, 0.15) is 5.69 Å². The molecule has 0 aliphatic rings. The zero-order chi connectivity index (χ0) is 25.3. The second-order valence-electron chi connectivity index (χ2n) is 7.00. The summed E-state index contributed by atoms with van der Waals surface area (Å²) >= 11 is 6.11. The van der Waals surface area contributed by atoms with E-state index < -0.39 is 34.4 Å². The van der Waals surface area contributed by atoms with Gasteiger partial charge in [-0.15, -0.1) is 5.10 Å².